The monoisotopic (exact) mass is 277 g/mol. The van der Waals surface area contributed by atoms with E-state index in [0.717, 1.165) is 24.2 Å². The molecule has 1 aliphatic rings. The first-order chi connectivity index (χ1) is 9.61. The van der Waals surface area contributed by atoms with E-state index < -0.39 is 5.97 Å². The highest BCUT2D eigenvalue weighted by Gasteiger charge is 2.20. The van der Waals surface area contributed by atoms with Gasteiger partial charge in [0.25, 0.3) is 0 Å². The van der Waals surface area contributed by atoms with Crippen molar-refractivity contribution in [1.82, 2.24) is 4.90 Å². The van der Waals surface area contributed by atoms with Gasteiger partial charge in [-0.2, -0.15) is 0 Å². The number of hydrogen-bond acceptors (Lipinski definition) is 3. The third-order valence-corrected chi connectivity index (χ3v) is 3.64. The minimum Gasteiger partial charge on any atom is -0.496 e. The first kappa shape index (κ1) is 14.4. The van der Waals surface area contributed by atoms with E-state index in [9.17, 15) is 9.59 Å². The molecule has 0 bridgehead atoms. The summed E-state index contributed by atoms with van der Waals surface area (Å²) in [5, 5.41) is 8.64. The van der Waals surface area contributed by atoms with Crippen molar-refractivity contribution in [2.45, 2.75) is 25.7 Å². The lowest BCUT2D eigenvalue weighted by atomic mass is 10.0. The molecule has 1 aliphatic heterocycles. The van der Waals surface area contributed by atoms with Crippen LogP contribution in [0.5, 0.6) is 5.75 Å². The van der Waals surface area contributed by atoms with Crippen LogP contribution < -0.4 is 4.74 Å². The van der Waals surface area contributed by atoms with E-state index in [-0.39, 0.29) is 18.7 Å². The second kappa shape index (κ2) is 6.41. The fourth-order valence-corrected chi connectivity index (χ4v) is 2.56. The van der Waals surface area contributed by atoms with Crippen LogP contribution in [0.15, 0.2) is 18.2 Å². The highest BCUT2D eigenvalue weighted by Crippen LogP contribution is 2.26. The van der Waals surface area contributed by atoms with Crippen LogP contribution in [-0.4, -0.2) is 42.1 Å². The van der Waals surface area contributed by atoms with Crippen molar-refractivity contribution >= 4 is 11.9 Å². The number of ether oxygens (including phenoxy) is 1. The number of amides is 1. The molecule has 0 aromatic heterocycles. The van der Waals surface area contributed by atoms with Gasteiger partial charge in [-0.15, -0.1) is 0 Å². The summed E-state index contributed by atoms with van der Waals surface area (Å²) in [6, 6.07) is 5.95. The molecule has 0 spiro atoms. The number of carbonyl (C=O) groups excluding carboxylic acids is 1. The van der Waals surface area contributed by atoms with Crippen LogP contribution in [0, 0.1) is 0 Å². The summed E-state index contributed by atoms with van der Waals surface area (Å²) in [7, 11) is 1.65. The van der Waals surface area contributed by atoms with Crippen molar-refractivity contribution in [3.8, 4) is 5.75 Å². The fraction of sp³-hybridized carbons (Fsp3) is 0.467. The summed E-state index contributed by atoms with van der Waals surface area (Å²) >= 11 is 0. The average Bonchev–Trinajstić information content (AvgIpc) is 2.67. The summed E-state index contributed by atoms with van der Waals surface area (Å²) in [6.07, 6.45) is 1.50. The van der Waals surface area contributed by atoms with Gasteiger partial charge >= 0.3 is 5.97 Å². The van der Waals surface area contributed by atoms with E-state index in [0.29, 0.717) is 13.1 Å². The highest BCUT2D eigenvalue weighted by atomic mass is 16.5. The van der Waals surface area contributed by atoms with Gasteiger partial charge in [0.1, 0.15) is 5.75 Å². The van der Waals surface area contributed by atoms with Gasteiger partial charge in [0.15, 0.2) is 0 Å². The standard InChI is InChI=1S/C15H19NO4/c1-20-13-4-2-3-11-7-9-16(10-8-12(11)13)14(17)5-6-15(18)19/h2-4H,5-10H2,1H3,(H,18,19). The molecule has 0 aliphatic carbocycles. The van der Waals surface area contributed by atoms with Crippen LogP contribution in [-0.2, 0) is 22.4 Å². The van der Waals surface area contributed by atoms with E-state index in [1.807, 2.05) is 12.1 Å². The van der Waals surface area contributed by atoms with Crippen LogP contribution in [0.3, 0.4) is 0 Å². The number of carboxylic acids is 1. The quantitative estimate of drug-likeness (QED) is 0.905. The molecular weight excluding hydrogens is 258 g/mol. The van der Waals surface area contributed by atoms with Gasteiger partial charge in [0.05, 0.1) is 13.5 Å². The number of nitrogens with zero attached hydrogens (tertiary/aromatic N) is 1. The first-order valence-corrected chi connectivity index (χ1v) is 6.76. The molecule has 5 nitrogen and oxygen atoms in total. The summed E-state index contributed by atoms with van der Waals surface area (Å²) in [6.45, 7) is 1.25. The molecule has 0 unspecified atom stereocenters. The number of rotatable bonds is 4. The molecule has 0 radical (unpaired) electrons. The molecule has 1 aromatic carbocycles. The molecule has 1 heterocycles. The normalized spacial score (nSPS) is 14.3. The Hall–Kier alpha value is -2.04. The Morgan fingerprint density at radius 3 is 2.70 bits per heavy atom. The first-order valence-electron chi connectivity index (χ1n) is 6.76. The van der Waals surface area contributed by atoms with Crippen molar-refractivity contribution < 1.29 is 19.4 Å². The Bertz CT molecular complexity index is 513. The maximum atomic E-state index is 12.0. The Morgan fingerprint density at radius 1 is 1.25 bits per heavy atom. The van der Waals surface area contributed by atoms with Gasteiger partial charge in [-0.1, -0.05) is 12.1 Å². The highest BCUT2D eigenvalue weighted by molar-refractivity contribution is 5.80. The predicted octanol–water partition coefficient (Wildman–Crippen LogP) is 1.49. The summed E-state index contributed by atoms with van der Waals surface area (Å²) < 4.78 is 5.36. The van der Waals surface area contributed by atoms with Crippen LogP contribution in [0.25, 0.3) is 0 Å². The van der Waals surface area contributed by atoms with Crippen LogP contribution in [0.4, 0.5) is 0 Å². The number of benzene rings is 1. The van der Waals surface area contributed by atoms with Crippen molar-refractivity contribution in [1.29, 1.82) is 0 Å². The summed E-state index contributed by atoms with van der Waals surface area (Å²) in [5.74, 6) is -0.153. The zero-order valence-electron chi connectivity index (χ0n) is 11.6. The van der Waals surface area contributed by atoms with Crippen LogP contribution >= 0.6 is 0 Å². The molecule has 1 amide bonds. The predicted molar refractivity (Wildman–Crippen MR) is 73.9 cm³/mol. The maximum Gasteiger partial charge on any atom is 0.303 e. The average molecular weight is 277 g/mol. The Balaban J connectivity index is 2.04. The molecule has 108 valence electrons. The molecule has 0 fully saturated rings. The van der Waals surface area contributed by atoms with E-state index in [4.69, 9.17) is 9.84 Å². The van der Waals surface area contributed by atoms with E-state index in [1.54, 1.807) is 12.0 Å². The van der Waals surface area contributed by atoms with Crippen molar-refractivity contribution in [2.75, 3.05) is 20.2 Å². The van der Waals surface area contributed by atoms with E-state index in [2.05, 4.69) is 6.07 Å². The fourth-order valence-electron chi connectivity index (χ4n) is 2.56. The van der Waals surface area contributed by atoms with Gasteiger partial charge < -0.3 is 14.7 Å². The topological polar surface area (TPSA) is 66.8 Å². The minimum atomic E-state index is -0.932. The molecule has 0 saturated carbocycles. The van der Waals surface area contributed by atoms with Crippen molar-refractivity contribution in [3.05, 3.63) is 29.3 Å². The second-order valence-corrected chi connectivity index (χ2v) is 4.87. The second-order valence-electron chi connectivity index (χ2n) is 4.87. The molecule has 20 heavy (non-hydrogen) atoms. The number of hydrogen-bond donors (Lipinski definition) is 1. The lowest BCUT2D eigenvalue weighted by Gasteiger charge is -2.19. The van der Waals surface area contributed by atoms with Crippen LogP contribution in [0.2, 0.25) is 0 Å². The zero-order valence-corrected chi connectivity index (χ0v) is 11.6. The van der Waals surface area contributed by atoms with Gasteiger partial charge in [-0.25, -0.2) is 0 Å². The Kier molecular flexibility index (Phi) is 4.61. The molecule has 5 heteroatoms. The van der Waals surface area contributed by atoms with Crippen molar-refractivity contribution in [3.63, 3.8) is 0 Å². The number of carbonyl (C=O) groups is 2. The van der Waals surface area contributed by atoms with Gasteiger partial charge in [0, 0.05) is 19.5 Å². The molecule has 0 atom stereocenters. The Morgan fingerprint density at radius 2 is 2.00 bits per heavy atom. The Labute approximate surface area is 118 Å². The largest absolute Gasteiger partial charge is 0.496 e. The third kappa shape index (κ3) is 3.29. The van der Waals surface area contributed by atoms with Gasteiger partial charge in [-0.05, 0) is 30.0 Å². The van der Waals surface area contributed by atoms with Gasteiger partial charge in [0.2, 0.25) is 5.91 Å². The maximum absolute atomic E-state index is 12.0. The number of methoxy groups -OCH3 is 1. The molecule has 1 N–H and O–H groups in total. The van der Waals surface area contributed by atoms with E-state index in [1.165, 1.54) is 5.56 Å². The number of aliphatic carboxylic acids is 1. The smallest absolute Gasteiger partial charge is 0.303 e. The zero-order chi connectivity index (χ0) is 14.5. The van der Waals surface area contributed by atoms with Crippen LogP contribution in [0.1, 0.15) is 24.0 Å². The molecule has 2 rings (SSSR count). The molecule has 1 aromatic rings. The minimum absolute atomic E-state index is 0.0722. The molecule has 0 saturated heterocycles. The number of fused-ring (bicyclic) bond motifs is 1. The SMILES string of the molecule is COc1cccc2c1CCN(C(=O)CCC(=O)O)CC2. The lowest BCUT2D eigenvalue weighted by Crippen LogP contribution is -2.33. The van der Waals surface area contributed by atoms with Gasteiger partial charge in [-0.3, -0.25) is 9.59 Å². The third-order valence-electron chi connectivity index (χ3n) is 3.64. The van der Waals surface area contributed by atoms with Crippen molar-refractivity contribution in [2.24, 2.45) is 0 Å². The molecular formula is C15H19NO4. The lowest BCUT2D eigenvalue weighted by molar-refractivity contribution is -0.140. The summed E-state index contributed by atoms with van der Waals surface area (Å²) in [5.41, 5.74) is 2.36. The van der Waals surface area contributed by atoms with E-state index >= 15 is 0 Å². The number of carboxylic acid groups (broad SMARTS) is 1. The summed E-state index contributed by atoms with van der Waals surface area (Å²) in [4.78, 5) is 24.3.